The summed E-state index contributed by atoms with van der Waals surface area (Å²) >= 11 is 0. The van der Waals surface area contributed by atoms with Gasteiger partial charge in [-0.15, -0.1) is 0 Å². The van der Waals surface area contributed by atoms with Crippen molar-refractivity contribution in [3.63, 3.8) is 0 Å². The third kappa shape index (κ3) is 3.77. The standard InChI is InChI=1S/C18H18F2N2O5S/c1-2-27-14-4-3-12-7-8-21(11-13(12)9-14)16-6-5-15(10-17(16)22(23)24)28(25,26)18(19)20/h3-6,9-10,18H,2,7-8,11H2,1H3. The molecule has 1 aliphatic heterocycles. The van der Waals surface area contributed by atoms with Crippen molar-refractivity contribution in [2.45, 2.75) is 30.5 Å². The van der Waals surface area contributed by atoms with Gasteiger partial charge in [0.1, 0.15) is 11.4 Å². The molecule has 0 amide bonds. The molecule has 0 radical (unpaired) electrons. The molecule has 0 aliphatic carbocycles. The zero-order valence-corrected chi connectivity index (χ0v) is 15.8. The van der Waals surface area contributed by atoms with Crippen LogP contribution in [0.15, 0.2) is 41.3 Å². The Kier molecular flexibility index (Phi) is 5.50. The summed E-state index contributed by atoms with van der Waals surface area (Å²) in [4.78, 5) is 11.7. The Morgan fingerprint density at radius 3 is 2.61 bits per heavy atom. The van der Waals surface area contributed by atoms with Gasteiger partial charge in [-0.05, 0) is 48.7 Å². The topological polar surface area (TPSA) is 89.8 Å². The molecule has 0 saturated carbocycles. The van der Waals surface area contributed by atoms with E-state index in [0.717, 1.165) is 17.2 Å². The van der Waals surface area contributed by atoms with Gasteiger partial charge in [-0.1, -0.05) is 6.07 Å². The van der Waals surface area contributed by atoms with Crippen LogP contribution >= 0.6 is 0 Å². The van der Waals surface area contributed by atoms with E-state index in [1.807, 2.05) is 25.1 Å². The summed E-state index contributed by atoms with van der Waals surface area (Å²) in [5.41, 5.74) is 1.70. The summed E-state index contributed by atoms with van der Waals surface area (Å²) in [5.74, 6) is -2.95. The fourth-order valence-corrected chi connectivity index (χ4v) is 3.93. The molecule has 0 unspecified atom stereocenters. The van der Waals surface area contributed by atoms with Crippen LogP contribution in [-0.2, 0) is 22.8 Å². The maximum absolute atomic E-state index is 12.8. The van der Waals surface area contributed by atoms with Gasteiger partial charge in [-0.25, -0.2) is 8.42 Å². The molecule has 2 aromatic rings. The summed E-state index contributed by atoms with van der Waals surface area (Å²) in [6.45, 7) is 3.21. The molecule has 0 saturated heterocycles. The summed E-state index contributed by atoms with van der Waals surface area (Å²) in [5, 5.41) is 11.5. The lowest BCUT2D eigenvalue weighted by molar-refractivity contribution is -0.384. The van der Waals surface area contributed by atoms with Crippen molar-refractivity contribution in [3.05, 3.63) is 57.6 Å². The molecule has 1 aliphatic rings. The number of rotatable bonds is 6. The van der Waals surface area contributed by atoms with Gasteiger partial charge in [-0.3, -0.25) is 10.1 Å². The van der Waals surface area contributed by atoms with Gasteiger partial charge in [0.2, 0.25) is 9.84 Å². The van der Waals surface area contributed by atoms with E-state index in [1.165, 1.54) is 6.07 Å². The number of nitro groups is 1. The Morgan fingerprint density at radius 1 is 1.21 bits per heavy atom. The third-order valence-corrected chi connectivity index (χ3v) is 5.93. The van der Waals surface area contributed by atoms with E-state index in [4.69, 9.17) is 4.74 Å². The average Bonchev–Trinajstić information content (AvgIpc) is 2.67. The van der Waals surface area contributed by atoms with Crippen LogP contribution in [0.1, 0.15) is 18.1 Å². The number of ether oxygens (including phenoxy) is 1. The molecule has 0 spiro atoms. The van der Waals surface area contributed by atoms with Gasteiger partial charge in [0.15, 0.2) is 0 Å². The molecule has 10 heteroatoms. The molecule has 0 fully saturated rings. The van der Waals surface area contributed by atoms with Crippen LogP contribution in [0.4, 0.5) is 20.2 Å². The van der Waals surface area contributed by atoms with Crippen molar-refractivity contribution in [1.82, 2.24) is 0 Å². The van der Waals surface area contributed by atoms with Crippen LogP contribution in [0, 0.1) is 10.1 Å². The van der Waals surface area contributed by atoms with Crippen LogP contribution in [0.2, 0.25) is 0 Å². The zero-order valence-electron chi connectivity index (χ0n) is 15.0. The van der Waals surface area contributed by atoms with Crippen LogP contribution < -0.4 is 9.64 Å². The van der Waals surface area contributed by atoms with Gasteiger partial charge in [0.25, 0.3) is 5.69 Å². The SMILES string of the molecule is CCOc1ccc2c(c1)CN(c1ccc(S(=O)(=O)C(F)F)cc1[N+](=O)[O-])CC2. The number of nitrogens with zero attached hydrogens (tertiary/aromatic N) is 2. The first-order valence-electron chi connectivity index (χ1n) is 8.54. The Balaban J connectivity index is 1.98. The van der Waals surface area contributed by atoms with Crippen LogP contribution in [0.25, 0.3) is 0 Å². The minimum Gasteiger partial charge on any atom is -0.494 e. The molecule has 0 atom stereocenters. The van der Waals surface area contributed by atoms with E-state index in [-0.39, 0.29) is 5.69 Å². The largest absolute Gasteiger partial charge is 0.494 e. The lowest BCUT2D eigenvalue weighted by Crippen LogP contribution is -2.31. The van der Waals surface area contributed by atoms with E-state index < -0.39 is 31.1 Å². The molecule has 0 bridgehead atoms. The number of anilines is 1. The lowest BCUT2D eigenvalue weighted by Gasteiger charge is -2.30. The predicted molar refractivity (Wildman–Crippen MR) is 98.7 cm³/mol. The average molecular weight is 412 g/mol. The zero-order chi connectivity index (χ0) is 20.5. The highest BCUT2D eigenvalue weighted by Gasteiger charge is 2.31. The maximum atomic E-state index is 12.8. The van der Waals surface area contributed by atoms with Crippen molar-refractivity contribution in [3.8, 4) is 5.75 Å². The van der Waals surface area contributed by atoms with Crippen molar-refractivity contribution >= 4 is 21.2 Å². The van der Waals surface area contributed by atoms with Crippen molar-refractivity contribution in [2.75, 3.05) is 18.1 Å². The number of halogens is 2. The normalized spacial score (nSPS) is 14.1. The number of hydrogen-bond acceptors (Lipinski definition) is 6. The first kappa shape index (κ1) is 20.0. The molecule has 7 nitrogen and oxygen atoms in total. The molecular formula is C18H18F2N2O5S. The first-order valence-corrected chi connectivity index (χ1v) is 10.1. The second-order valence-electron chi connectivity index (χ2n) is 6.25. The van der Waals surface area contributed by atoms with Gasteiger partial charge in [0, 0.05) is 19.2 Å². The Morgan fingerprint density at radius 2 is 1.96 bits per heavy atom. The summed E-state index contributed by atoms with van der Waals surface area (Å²) in [7, 11) is -4.91. The second-order valence-corrected chi connectivity index (χ2v) is 8.17. The molecule has 28 heavy (non-hydrogen) atoms. The highest BCUT2D eigenvalue weighted by atomic mass is 32.2. The van der Waals surface area contributed by atoms with E-state index in [2.05, 4.69) is 0 Å². The third-order valence-electron chi connectivity index (χ3n) is 4.55. The van der Waals surface area contributed by atoms with Gasteiger partial charge in [0.05, 0.1) is 16.4 Å². The highest BCUT2D eigenvalue weighted by molar-refractivity contribution is 7.91. The van der Waals surface area contributed by atoms with Crippen LogP contribution in [-0.4, -0.2) is 32.3 Å². The molecule has 3 rings (SSSR count). The molecular weight excluding hydrogens is 394 g/mol. The first-order chi connectivity index (χ1) is 13.2. The van der Waals surface area contributed by atoms with Gasteiger partial charge < -0.3 is 9.64 Å². The number of sulfone groups is 1. The van der Waals surface area contributed by atoms with Crippen LogP contribution in [0.5, 0.6) is 5.75 Å². The van der Waals surface area contributed by atoms with E-state index >= 15 is 0 Å². The number of fused-ring (bicyclic) bond motifs is 1. The quantitative estimate of drug-likeness (QED) is 0.532. The fourth-order valence-electron chi connectivity index (χ4n) is 3.19. The van der Waals surface area contributed by atoms with Gasteiger partial charge >= 0.3 is 5.76 Å². The Bertz CT molecular complexity index is 1010. The van der Waals surface area contributed by atoms with Crippen molar-refractivity contribution < 1.29 is 26.9 Å². The second kappa shape index (κ2) is 7.70. The van der Waals surface area contributed by atoms with E-state index in [9.17, 15) is 27.3 Å². The predicted octanol–water partition coefficient (Wildman–Crippen LogP) is 3.55. The maximum Gasteiger partial charge on any atom is 0.341 e. The molecule has 2 aromatic carbocycles. The van der Waals surface area contributed by atoms with E-state index in [1.54, 1.807) is 4.90 Å². The monoisotopic (exact) mass is 412 g/mol. The summed E-state index contributed by atoms with van der Waals surface area (Å²) < 4.78 is 54.3. The smallest absolute Gasteiger partial charge is 0.341 e. The summed E-state index contributed by atoms with van der Waals surface area (Å²) in [6, 6.07) is 8.57. The highest BCUT2D eigenvalue weighted by Crippen LogP contribution is 2.35. The lowest BCUT2D eigenvalue weighted by atomic mass is 9.99. The number of nitro benzene ring substituents is 1. The minimum absolute atomic E-state index is 0.186. The number of benzene rings is 2. The minimum atomic E-state index is -4.91. The van der Waals surface area contributed by atoms with Gasteiger partial charge in [-0.2, -0.15) is 8.78 Å². The number of alkyl halides is 2. The fraction of sp³-hybridized carbons (Fsp3) is 0.333. The molecule has 150 valence electrons. The summed E-state index contributed by atoms with van der Waals surface area (Å²) in [6.07, 6.45) is 0.635. The Hall–Kier alpha value is -2.75. The molecule has 0 N–H and O–H groups in total. The van der Waals surface area contributed by atoms with Crippen LogP contribution in [0.3, 0.4) is 0 Å². The van der Waals surface area contributed by atoms with Crippen molar-refractivity contribution in [2.24, 2.45) is 0 Å². The Labute approximate surface area is 160 Å². The number of hydrogen-bond donors (Lipinski definition) is 0. The van der Waals surface area contributed by atoms with Crippen molar-refractivity contribution in [1.29, 1.82) is 0 Å². The molecule has 0 aromatic heterocycles. The van der Waals surface area contributed by atoms with E-state index in [0.29, 0.717) is 37.9 Å². The molecule has 1 heterocycles.